The Labute approximate surface area is 102 Å². The first kappa shape index (κ1) is 11.7. The normalized spacial score (nSPS) is 10.4. The lowest BCUT2D eigenvalue weighted by atomic mass is 10.4. The molecule has 2 heterocycles. The maximum Gasteiger partial charge on any atom is 0.346 e. The number of carboxylic acid groups (broad SMARTS) is 1. The Hall–Kier alpha value is -1.82. The molecule has 0 spiro atoms. The average Bonchev–Trinajstić information content (AvgIpc) is 2.96. The number of thiophene rings is 1. The van der Waals surface area contributed by atoms with Gasteiger partial charge in [0.2, 0.25) is 0 Å². The lowest BCUT2D eigenvalue weighted by molar-refractivity contribution is 0.0702. The van der Waals surface area contributed by atoms with Gasteiger partial charge >= 0.3 is 5.97 Å². The van der Waals surface area contributed by atoms with Crippen molar-refractivity contribution in [2.45, 2.75) is 13.0 Å². The maximum atomic E-state index is 10.6. The molecule has 0 aromatic carbocycles. The molecular weight excluding hydrogens is 240 g/mol. The fraction of sp³-hybridized carbons (Fsp3) is 0.273. The third-order valence-corrected chi connectivity index (χ3v) is 3.07. The van der Waals surface area contributed by atoms with Crippen LogP contribution in [0.5, 0.6) is 5.75 Å². The van der Waals surface area contributed by atoms with Crippen LogP contribution in [0.1, 0.15) is 16.1 Å². The van der Waals surface area contributed by atoms with E-state index in [1.54, 1.807) is 24.0 Å². The SMILES string of the molecule is O=C(O)c1cc(OCCCn2ccnc2)cs1. The highest BCUT2D eigenvalue weighted by molar-refractivity contribution is 7.12. The van der Waals surface area contributed by atoms with Crippen LogP contribution >= 0.6 is 11.3 Å². The fourth-order valence-electron chi connectivity index (χ4n) is 1.36. The third-order valence-electron chi connectivity index (χ3n) is 2.17. The Morgan fingerprint density at radius 2 is 2.47 bits per heavy atom. The van der Waals surface area contributed by atoms with Crippen LogP contribution in [0.3, 0.4) is 0 Å². The van der Waals surface area contributed by atoms with Crippen LogP contribution in [0.25, 0.3) is 0 Å². The third kappa shape index (κ3) is 3.32. The van der Waals surface area contributed by atoms with Crippen molar-refractivity contribution in [3.63, 3.8) is 0 Å². The molecule has 0 aliphatic carbocycles. The predicted octanol–water partition coefficient (Wildman–Crippen LogP) is 2.11. The Balaban J connectivity index is 1.72. The number of ether oxygens (including phenoxy) is 1. The smallest absolute Gasteiger partial charge is 0.346 e. The van der Waals surface area contributed by atoms with E-state index >= 15 is 0 Å². The first-order chi connectivity index (χ1) is 8.25. The molecule has 90 valence electrons. The molecule has 2 aromatic heterocycles. The summed E-state index contributed by atoms with van der Waals surface area (Å²) in [4.78, 5) is 14.9. The van der Waals surface area contributed by atoms with Crippen molar-refractivity contribution in [2.75, 3.05) is 6.61 Å². The standard InChI is InChI=1S/C11H12N2O3S/c14-11(15)10-6-9(7-17-10)16-5-1-3-13-4-2-12-8-13/h2,4,6-8H,1,3,5H2,(H,14,15). The van der Waals surface area contributed by atoms with Gasteiger partial charge in [0, 0.05) is 30.4 Å². The molecule has 0 saturated heterocycles. The van der Waals surface area contributed by atoms with Gasteiger partial charge in [-0.15, -0.1) is 11.3 Å². The molecule has 5 nitrogen and oxygen atoms in total. The van der Waals surface area contributed by atoms with Crippen LogP contribution < -0.4 is 4.74 Å². The summed E-state index contributed by atoms with van der Waals surface area (Å²) in [5.74, 6) is -0.290. The van der Waals surface area contributed by atoms with Gasteiger partial charge in [0.1, 0.15) is 10.6 Å². The molecule has 0 radical (unpaired) electrons. The lowest BCUT2D eigenvalue weighted by Crippen LogP contribution is -2.02. The van der Waals surface area contributed by atoms with Crippen molar-refractivity contribution in [3.8, 4) is 5.75 Å². The molecule has 17 heavy (non-hydrogen) atoms. The second-order valence-corrected chi connectivity index (χ2v) is 4.37. The molecule has 0 saturated carbocycles. The summed E-state index contributed by atoms with van der Waals surface area (Å²) in [5, 5.41) is 10.4. The van der Waals surface area contributed by atoms with Crippen molar-refractivity contribution in [3.05, 3.63) is 35.0 Å². The van der Waals surface area contributed by atoms with Crippen LogP contribution in [0.4, 0.5) is 0 Å². The second-order valence-electron chi connectivity index (χ2n) is 3.45. The zero-order valence-corrected chi connectivity index (χ0v) is 9.89. The summed E-state index contributed by atoms with van der Waals surface area (Å²) in [6, 6.07) is 1.55. The Bertz CT molecular complexity index is 479. The van der Waals surface area contributed by atoms with E-state index in [1.165, 1.54) is 11.3 Å². The summed E-state index contributed by atoms with van der Waals surface area (Å²) >= 11 is 1.17. The number of imidazole rings is 1. The number of aromatic nitrogens is 2. The van der Waals surface area contributed by atoms with E-state index in [0.29, 0.717) is 17.2 Å². The number of aromatic carboxylic acids is 1. The molecule has 1 N–H and O–H groups in total. The van der Waals surface area contributed by atoms with Crippen LogP contribution in [0.2, 0.25) is 0 Å². The number of hydrogen-bond donors (Lipinski definition) is 1. The minimum Gasteiger partial charge on any atom is -0.493 e. The summed E-state index contributed by atoms with van der Waals surface area (Å²) < 4.78 is 7.42. The summed E-state index contributed by atoms with van der Waals surface area (Å²) in [7, 11) is 0. The quantitative estimate of drug-likeness (QED) is 0.800. The fourth-order valence-corrected chi connectivity index (χ4v) is 2.03. The van der Waals surface area contributed by atoms with Gasteiger partial charge in [0.15, 0.2) is 0 Å². The number of aryl methyl sites for hydroxylation is 1. The minimum absolute atomic E-state index is 0.301. The minimum atomic E-state index is -0.914. The largest absolute Gasteiger partial charge is 0.493 e. The van der Waals surface area contributed by atoms with Crippen molar-refractivity contribution >= 4 is 17.3 Å². The van der Waals surface area contributed by atoms with E-state index in [9.17, 15) is 4.79 Å². The molecule has 0 aliphatic heterocycles. The number of rotatable bonds is 6. The molecule has 0 fully saturated rings. The molecule has 0 aliphatic rings. The van der Waals surface area contributed by atoms with Crippen LogP contribution in [0, 0.1) is 0 Å². The highest BCUT2D eigenvalue weighted by Crippen LogP contribution is 2.21. The van der Waals surface area contributed by atoms with Gasteiger partial charge in [0.25, 0.3) is 0 Å². The van der Waals surface area contributed by atoms with Crippen LogP contribution in [-0.4, -0.2) is 27.2 Å². The van der Waals surface area contributed by atoms with E-state index in [4.69, 9.17) is 9.84 Å². The van der Waals surface area contributed by atoms with Crippen molar-refractivity contribution in [1.29, 1.82) is 0 Å². The highest BCUT2D eigenvalue weighted by Gasteiger charge is 2.06. The van der Waals surface area contributed by atoms with Gasteiger partial charge < -0.3 is 14.4 Å². The average molecular weight is 252 g/mol. The molecule has 2 aromatic rings. The summed E-state index contributed by atoms with van der Waals surface area (Å²) in [6.07, 6.45) is 6.24. The van der Waals surface area contributed by atoms with Crippen LogP contribution in [0.15, 0.2) is 30.2 Å². The predicted molar refractivity (Wildman–Crippen MR) is 63.6 cm³/mol. The van der Waals surface area contributed by atoms with Gasteiger partial charge in [-0.25, -0.2) is 9.78 Å². The lowest BCUT2D eigenvalue weighted by Gasteiger charge is -2.03. The molecule has 0 atom stereocenters. The van der Waals surface area contributed by atoms with Gasteiger partial charge in [-0.3, -0.25) is 0 Å². The molecule has 2 rings (SSSR count). The Morgan fingerprint density at radius 1 is 1.59 bits per heavy atom. The van der Waals surface area contributed by atoms with Gasteiger partial charge in [0.05, 0.1) is 12.9 Å². The monoisotopic (exact) mass is 252 g/mol. The first-order valence-corrected chi connectivity index (χ1v) is 6.04. The molecule has 0 unspecified atom stereocenters. The van der Waals surface area contributed by atoms with E-state index < -0.39 is 5.97 Å². The Morgan fingerprint density at radius 3 is 3.12 bits per heavy atom. The second kappa shape index (κ2) is 5.49. The van der Waals surface area contributed by atoms with Crippen molar-refractivity contribution in [1.82, 2.24) is 9.55 Å². The number of carbonyl (C=O) groups is 1. The van der Waals surface area contributed by atoms with E-state index in [1.807, 2.05) is 10.8 Å². The number of hydrogen-bond acceptors (Lipinski definition) is 4. The molecule has 0 bridgehead atoms. The van der Waals surface area contributed by atoms with E-state index in [-0.39, 0.29) is 0 Å². The van der Waals surface area contributed by atoms with Crippen molar-refractivity contribution in [2.24, 2.45) is 0 Å². The topological polar surface area (TPSA) is 64.3 Å². The number of nitrogens with zero attached hydrogens (tertiary/aromatic N) is 2. The maximum absolute atomic E-state index is 10.6. The van der Waals surface area contributed by atoms with Gasteiger partial charge in [-0.1, -0.05) is 0 Å². The van der Waals surface area contributed by atoms with E-state index in [2.05, 4.69) is 4.98 Å². The zero-order valence-electron chi connectivity index (χ0n) is 9.07. The van der Waals surface area contributed by atoms with Crippen LogP contribution in [-0.2, 0) is 6.54 Å². The molecule has 6 heteroatoms. The van der Waals surface area contributed by atoms with Gasteiger partial charge in [-0.2, -0.15) is 0 Å². The summed E-state index contributed by atoms with van der Waals surface area (Å²) in [5.41, 5.74) is 0. The highest BCUT2D eigenvalue weighted by atomic mass is 32.1. The number of carboxylic acids is 1. The Kier molecular flexibility index (Phi) is 3.77. The zero-order chi connectivity index (χ0) is 12.1. The summed E-state index contributed by atoms with van der Waals surface area (Å²) in [6.45, 7) is 1.41. The van der Waals surface area contributed by atoms with E-state index in [0.717, 1.165) is 13.0 Å². The van der Waals surface area contributed by atoms with Gasteiger partial charge in [-0.05, 0) is 6.42 Å². The van der Waals surface area contributed by atoms with Crippen molar-refractivity contribution < 1.29 is 14.6 Å². The molecule has 0 amide bonds. The molecular formula is C11H12N2O3S. The first-order valence-electron chi connectivity index (χ1n) is 5.16.